The van der Waals surface area contributed by atoms with E-state index in [9.17, 15) is 8.42 Å². The maximum absolute atomic E-state index is 12.3. The summed E-state index contributed by atoms with van der Waals surface area (Å²) < 4.78 is 27.5. The van der Waals surface area contributed by atoms with Crippen molar-refractivity contribution in [1.29, 1.82) is 0 Å². The zero-order valence-corrected chi connectivity index (χ0v) is 14.8. The summed E-state index contributed by atoms with van der Waals surface area (Å²) in [5.41, 5.74) is 0. The van der Waals surface area contributed by atoms with Crippen molar-refractivity contribution in [3.63, 3.8) is 0 Å². The Kier molecular flexibility index (Phi) is 9.63. The Morgan fingerprint density at radius 1 is 1.15 bits per heavy atom. The zero-order chi connectivity index (χ0) is 15.8. The van der Waals surface area contributed by atoms with Crippen LogP contribution in [0, 0.1) is 5.92 Å². The van der Waals surface area contributed by atoms with Crippen LogP contribution in [-0.4, -0.2) is 58.3 Å². The lowest BCUT2D eigenvalue weighted by molar-refractivity contribution is 0.328. The van der Waals surface area contributed by atoms with Crippen molar-refractivity contribution < 1.29 is 8.42 Å². The lowest BCUT2D eigenvalue weighted by Gasteiger charge is -2.25. The van der Waals surface area contributed by atoms with E-state index in [1.165, 1.54) is 0 Å². The fraction of sp³-hybridized carbons (Fsp3) is 1.00. The van der Waals surface area contributed by atoms with Gasteiger partial charge in [0.1, 0.15) is 0 Å². The Hall–Kier alpha value is -0.170. The first kappa shape index (κ1) is 19.8. The summed E-state index contributed by atoms with van der Waals surface area (Å²) in [6.45, 7) is 10.1. The lowest BCUT2D eigenvalue weighted by Crippen LogP contribution is -2.47. The minimum atomic E-state index is -3.27. The summed E-state index contributed by atoms with van der Waals surface area (Å²) in [4.78, 5) is 2.02. The molecule has 0 aromatic rings. The monoisotopic (exact) mass is 307 g/mol. The van der Waals surface area contributed by atoms with E-state index < -0.39 is 15.3 Å². The van der Waals surface area contributed by atoms with E-state index in [0.717, 1.165) is 25.9 Å². The fourth-order valence-electron chi connectivity index (χ4n) is 2.11. The van der Waals surface area contributed by atoms with Crippen LogP contribution in [0.15, 0.2) is 0 Å². The third-order valence-corrected chi connectivity index (χ3v) is 4.95. The smallest absolute Gasteiger partial charge is 0.215 e. The summed E-state index contributed by atoms with van der Waals surface area (Å²) in [5, 5.41) is 2.75. The van der Waals surface area contributed by atoms with Crippen molar-refractivity contribution in [2.75, 3.05) is 33.7 Å². The molecule has 0 heterocycles. The molecule has 0 fully saturated rings. The molecule has 0 saturated heterocycles. The van der Waals surface area contributed by atoms with Gasteiger partial charge in [-0.3, -0.25) is 0 Å². The lowest BCUT2D eigenvalue weighted by atomic mass is 10.0. The second-order valence-corrected chi connectivity index (χ2v) is 8.40. The predicted octanol–water partition coefficient (Wildman–Crippen LogP) is 1.27. The Morgan fingerprint density at radius 3 is 2.20 bits per heavy atom. The van der Waals surface area contributed by atoms with Crippen LogP contribution < -0.4 is 10.0 Å². The van der Waals surface area contributed by atoms with Crippen LogP contribution in [0.5, 0.6) is 0 Å². The molecule has 122 valence electrons. The summed E-state index contributed by atoms with van der Waals surface area (Å²) in [5.74, 6) is 0.469. The second kappa shape index (κ2) is 9.71. The zero-order valence-electron chi connectivity index (χ0n) is 13.9. The van der Waals surface area contributed by atoms with Gasteiger partial charge in [0.2, 0.25) is 10.0 Å². The van der Waals surface area contributed by atoms with Crippen LogP contribution in [0.3, 0.4) is 0 Å². The van der Waals surface area contributed by atoms with E-state index >= 15 is 0 Å². The summed E-state index contributed by atoms with van der Waals surface area (Å²) in [6, 6.07) is -0.0244. The minimum Gasteiger partial charge on any atom is -0.315 e. The van der Waals surface area contributed by atoms with Gasteiger partial charge in [-0.1, -0.05) is 20.8 Å². The van der Waals surface area contributed by atoms with Gasteiger partial charge in [-0.25, -0.2) is 13.1 Å². The third-order valence-electron chi connectivity index (χ3n) is 3.06. The van der Waals surface area contributed by atoms with E-state index in [0.29, 0.717) is 12.5 Å². The predicted molar refractivity (Wildman–Crippen MR) is 86.5 cm³/mol. The summed E-state index contributed by atoms with van der Waals surface area (Å²) >= 11 is 0. The van der Waals surface area contributed by atoms with Gasteiger partial charge < -0.3 is 10.2 Å². The van der Waals surface area contributed by atoms with Gasteiger partial charge >= 0.3 is 0 Å². The number of hydrogen-bond donors (Lipinski definition) is 2. The van der Waals surface area contributed by atoms with Crippen LogP contribution in [0.1, 0.15) is 40.5 Å². The van der Waals surface area contributed by atoms with Crippen LogP contribution >= 0.6 is 0 Å². The van der Waals surface area contributed by atoms with Gasteiger partial charge in [0.15, 0.2) is 0 Å². The Labute approximate surface area is 125 Å². The van der Waals surface area contributed by atoms with Crippen molar-refractivity contribution in [2.45, 2.75) is 51.8 Å². The highest BCUT2D eigenvalue weighted by atomic mass is 32.2. The number of rotatable bonds is 11. The average molecular weight is 308 g/mol. The van der Waals surface area contributed by atoms with Gasteiger partial charge in [0.25, 0.3) is 0 Å². The van der Waals surface area contributed by atoms with E-state index in [1.54, 1.807) is 6.92 Å². The van der Waals surface area contributed by atoms with Crippen molar-refractivity contribution in [2.24, 2.45) is 5.92 Å². The molecule has 2 unspecified atom stereocenters. The molecule has 2 atom stereocenters. The average Bonchev–Trinajstić information content (AvgIpc) is 2.26. The topological polar surface area (TPSA) is 61.4 Å². The van der Waals surface area contributed by atoms with Gasteiger partial charge in [0.05, 0.1) is 5.25 Å². The third kappa shape index (κ3) is 8.89. The maximum Gasteiger partial charge on any atom is 0.215 e. The molecule has 0 aromatic heterocycles. The van der Waals surface area contributed by atoms with Crippen molar-refractivity contribution in [3.8, 4) is 0 Å². The SMILES string of the molecule is CCCNCC(C)S(=O)(=O)NC(CC(C)C)CN(C)C. The van der Waals surface area contributed by atoms with Crippen LogP contribution in [0.4, 0.5) is 0 Å². The highest BCUT2D eigenvalue weighted by Gasteiger charge is 2.24. The van der Waals surface area contributed by atoms with E-state index in [4.69, 9.17) is 0 Å². The van der Waals surface area contributed by atoms with Gasteiger partial charge in [-0.15, -0.1) is 0 Å². The molecular formula is C14H33N3O2S. The Balaban J connectivity index is 4.56. The first-order chi connectivity index (χ1) is 9.19. The Morgan fingerprint density at radius 2 is 1.75 bits per heavy atom. The van der Waals surface area contributed by atoms with Crippen LogP contribution in [0.2, 0.25) is 0 Å². The summed E-state index contributed by atoms with van der Waals surface area (Å²) in [6.07, 6.45) is 1.86. The van der Waals surface area contributed by atoms with Gasteiger partial charge in [0, 0.05) is 19.1 Å². The molecule has 5 nitrogen and oxygen atoms in total. The fourth-order valence-corrected chi connectivity index (χ4v) is 3.31. The molecule has 0 spiro atoms. The van der Waals surface area contributed by atoms with Gasteiger partial charge in [-0.2, -0.15) is 0 Å². The minimum absolute atomic E-state index is 0.0244. The second-order valence-electron chi connectivity index (χ2n) is 6.27. The molecule has 20 heavy (non-hydrogen) atoms. The highest BCUT2D eigenvalue weighted by Crippen LogP contribution is 2.09. The molecule has 0 amide bonds. The standard InChI is InChI=1S/C14H33N3O2S/c1-7-8-15-10-13(4)20(18,19)16-14(9-12(2)3)11-17(5)6/h12-16H,7-11H2,1-6H3. The molecule has 2 N–H and O–H groups in total. The van der Waals surface area contributed by atoms with Gasteiger partial charge in [-0.05, 0) is 46.3 Å². The van der Waals surface area contributed by atoms with Crippen molar-refractivity contribution >= 4 is 10.0 Å². The van der Waals surface area contributed by atoms with Crippen LogP contribution in [-0.2, 0) is 10.0 Å². The normalized spacial score (nSPS) is 15.8. The molecule has 0 aliphatic carbocycles. The molecule has 0 aliphatic rings. The largest absolute Gasteiger partial charge is 0.315 e. The molecule has 0 bridgehead atoms. The summed E-state index contributed by atoms with van der Waals surface area (Å²) in [7, 11) is 0.662. The van der Waals surface area contributed by atoms with E-state index in [2.05, 4.69) is 30.8 Å². The Bertz CT molecular complexity index is 332. The number of nitrogens with one attached hydrogen (secondary N) is 2. The quantitative estimate of drug-likeness (QED) is 0.564. The number of nitrogens with zero attached hydrogens (tertiary/aromatic N) is 1. The molecule has 0 radical (unpaired) electrons. The number of sulfonamides is 1. The molecular weight excluding hydrogens is 274 g/mol. The first-order valence-electron chi connectivity index (χ1n) is 7.55. The van der Waals surface area contributed by atoms with Crippen molar-refractivity contribution in [1.82, 2.24) is 14.9 Å². The molecule has 6 heteroatoms. The van der Waals surface area contributed by atoms with Crippen molar-refractivity contribution in [3.05, 3.63) is 0 Å². The van der Waals surface area contributed by atoms with E-state index in [-0.39, 0.29) is 6.04 Å². The molecule has 0 saturated carbocycles. The highest BCUT2D eigenvalue weighted by molar-refractivity contribution is 7.90. The van der Waals surface area contributed by atoms with Crippen LogP contribution in [0.25, 0.3) is 0 Å². The number of hydrogen-bond acceptors (Lipinski definition) is 4. The van der Waals surface area contributed by atoms with E-state index in [1.807, 2.05) is 19.0 Å². The maximum atomic E-state index is 12.3. The molecule has 0 aliphatic heterocycles. The number of likely N-dealkylation sites (N-methyl/N-ethyl adjacent to an activating group) is 1. The molecule has 0 rings (SSSR count). The molecule has 0 aromatic carbocycles. The first-order valence-corrected chi connectivity index (χ1v) is 9.10.